The molecule has 1 aliphatic heterocycles. The zero-order chi connectivity index (χ0) is 19.2. The summed E-state index contributed by atoms with van der Waals surface area (Å²) in [6.45, 7) is 6.73. The van der Waals surface area contributed by atoms with Crippen LogP contribution in [0.15, 0.2) is 24.8 Å². The van der Waals surface area contributed by atoms with Crippen molar-refractivity contribution in [3.63, 3.8) is 0 Å². The fourth-order valence-electron chi connectivity index (χ4n) is 4.76. The van der Waals surface area contributed by atoms with Crippen molar-refractivity contribution in [1.82, 2.24) is 0 Å². The van der Waals surface area contributed by atoms with E-state index >= 15 is 0 Å². The van der Waals surface area contributed by atoms with Gasteiger partial charge in [0, 0.05) is 0 Å². The predicted molar refractivity (Wildman–Crippen MR) is 104 cm³/mol. The fourth-order valence-corrected chi connectivity index (χ4v) is 4.76. The summed E-state index contributed by atoms with van der Waals surface area (Å²) >= 11 is 0. The molecule has 1 saturated carbocycles. The molecule has 4 heteroatoms. The van der Waals surface area contributed by atoms with E-state index in [1.165, 1.54) is 6.42 Å². The van der Waals surface area contributed by atoms with Crippen molar-refractivity contribution in [3.05, 3.63) is 42.0 Å². The van der Waals surface area contributed by atoms with Crippen molar-refractivity contribution in [2.24, 2.45) is 11.8 Å². The van der Waals surface area contributed by atoms with Crippen molar-refractivity contribution in [2.45, 2.75) is 70.3 Å². The smallest absolute Gasteiger partial charge is 0.200 e. The Kier molecular flexibility index (Phi) is 7.28. The van der Waals surface area contributed by atoms with E-state index in [1.807, 2.05) is 6.08 Å². The first-order valence-electron chi connectivity index (χ1n) is 10.5. The maximum Gasteiger partial charge on any atom is 0.200 e. The van der Waals surface area contributed by atoms with Crippen molar-refractivity contribution in [1.29, 1.82) is 0 Å². The summed E-state index contributed by atoms with van der Waals surface area (Å²) in [5, 5.41) is 0. The normalized spacial score (nSPS) is 28.7. The Labute approximate surface area is 161 Å². The van der Waals surface area contributed by atoms with E-state index in [9.17, 15) is 8.78 Å². The van der Waals surface area contributed by atoms with Crippen molar-refractivity contribution in [3.8, 4) is 5.75 Å². The monoisotopic (exact) mass is 378 g/mol. The average molecular weight is 379 g/mol. The minimum Gasteiger partial charge on any atom is -0.491 e. The molecule has 1 aliphatic carbocycles. The number of ether oxygens (including phenoxy) is 2. The van der Waals surface area contributed by atoms with Crippen LogP contribution in [0.5, 0.6) is 5.75 Å². The highest BCUT2D eigenvalue weighted by Gasteiger charge is 2.33. The topological polar surface area (TPSA) is 18.5 Å². The van der Waals surface area contributed by atoms with Gasteiger partial charge in [0.15, 0.2) is 11.6 Å². The molecule has 1 saturated heterocycles. The molecular formula is C23H32F2O2. The van der Waals surface area contributed by atoms with E-state index in [0.29, 0.717) is 30.1 Å². The van der Waals surface area contributed by atoms with Crippen LogP contribution in [0.1, 0.15) is 69.8 Å². The van der Waals surface area contributed by atoms with Crippen LogP contribution < -0.4 is 4.74 Å². The summed E-state index contributed by atoms with van der Waals surface area (Å²) in [5.41, 5.74) is 0.513. The molecule has 150 valence electrons. The van der Waals surface area contributed by atoms with E-state index < -0.39 is 11.6 Å². The third-order valence-electron chi connectivity index (χ3n) is 6.35. The van der Waals surface area contributed by atoms with Gasteiger partial charge < -0.3 is 9.47 Å². The minimum absolute atomic E-state index is 0.0119. The van der Waals surface area contributed by atoms with Crippen LogP contribution in [0.25, 0.3) is 0 Å². The average Bonchev–Trinajstić information content (AvgIpc) is 2.71. The lowest BCUT2D eigenvalue weighted by molar-refractivity contribution is -0.0402. The lowest BCUT2D eigenvalue weighted by Gasteiger charge is -2.38. The van der Waals surface area contributed by atoms with Gasteiger partial charge in [0.2, 0.25) is 5.82 Å². The molecule has 2 unspecified atom stereocenters. The molecular weight excluding hydrogens is 346 g/mol. The third kappa shape index (κ3) is 4.90. The molecule has 0 radical (unpaired) electrons. The van der Waals surface area contributed by atoms with E-state index in [0.717, 1.165) is 51.6 Å². The van der Waals surface area contributed by atoms with Gasteiger partial charge in [0.05, 0.1) is 19.3 Å². The zero-order valence-corrected chi connectivity index (χ0v) is 16.4. The van der Waals surface area contributed by atoms with Gasteiger partial charge in [-0.05, 0) is 87.7 Å². The van der Waals surface area contributed by atoms with Gasteiger partial charge >= 0.3 is 0 Å². The summed E-state index contributed by atoms with van der Waals surface area (Å²) in [6.07, 6.45) is 10.8. The Morgan fingerprint density at radius 1 is 1.07 bits per heavy atom. The highest BCUT2D eigenvalue weighted by atomic mass is 19.2. The largest absolute Gasteiger partial charge is 0.491 e. The molecule has 27 heavy (non-hydrogen) atoms. The molecule has 1 aromatic rings. The second kappa shape index (κ2) is 9.68. The highest BCUT2D eigenvalue weighted by molar-refractivity contribution is 5.33. The van der Waals surface area contributed by atoms with Crippen LogP contribution in [-0.2, 0) is 4.74 Å². The second-order valence-corrected chi connectivity index (χ2v) is 7.98. The summed E-state index contributed by atoms with van der Waals surface area (Å²) in [7, 11) is 0. The maximum atomic E-state index is 14.5. The van der Waals surface area contributed by atoms with E-state index in [2.05, 4.69) is 6.58 Å². The van der Waals surface area contributed by atoms with Crippen LogP contribution in [0, 0.1) is 23.5 Å². The number of hydrogen-bond acceptors (Lipinski definition) is 2. The SMILES string of the molecule is C=CCCC1CCC(C2CCC(c3ccc(OCC)c(F)c3F)CC2)CO1. The summed E-state index contributed by atoms with van der Waals surface area (Å²) in [6, 6.07) is 3.28. The van der Waals surface area contributed by atoms with Crippen molar-refractivity contribution < 1.29 is 18.3 Å². The number of allylic oxidation sites excluding steroid dienone is 1. The first-order chi connectivity index (χ1) is 13.1. The number of rotatable bonds is 7. The van der Waals surface area contributed by atoms with Crippen LogP contribution in [0.4, 0.5) is 8.78 Å². The summed E-state index contributed by atoms with van der Waals surface area (Å²) < 4.78 is 39.9. The fraction of sp³-hybridized carbons (Fsp3) is 0.652. The second-order valence-electron chi connectivity index (χ2n) is 7.98. The quantitative estimate of drug-likeness (QED) is 0.511. The predicted octanol–water partition coefficient (Wildman–Crippen LogP) is 6.40. The van der Waals surface area contributed by atoms with Crippen molar-refractivity contribution in [2.75, 3.05) is 13.2 Å². The van der Waals surface area contributed by atoms with Crippen LogP contribution in [0.3, 0.4) is 0 Å². The molecule has 1 heterocycles. The van der Waals surface area contributed by atoms with Crippen LogP contribution in [-0.4, -0.2) is 19.3 Å². The number of benzene rings is 1. The molecule has 2 fully saturated rings. The summed E-state index contributed by atoms with van der Waals surface area (Å²) in [5.74, 6) is -0.183. The molecule has 0 N–H and O–H groups in total. The highest BCUT2D eigenvalue weighted by Crippen LogP contribution is 2.43. The van der Waals surface area contributed by atoms with E-state index in [1.54, 1.807) is 19.1 Å². The van der Waals surface area contributed by atoms with Gasteiger partial charge in [0.1, 0.15) is 0 Å². The molecule has 0 bridgehead atoms. The van der Waals surface area contributed by atoms with Crippen LogP contribution >= 0.6 is 0 Å². The lowest BCUT2D eigenvalue weighted by Crippen LogP contribution is -2.32. The van der Waals surface area contributed by atoms with Gasteiger partial charge in [-0.15, -0.1) is 6.58 Å². The van der Waals surface area contributed by atoms with E-state index in [-0.39, 0.29) is 11.7 Å². The third-order valence-corrected chi connectivity index (χ3v) is 6.35. The Hall–Kier alpha value is -1.42. The molecule has 0 amide bonds. The number of hydrogen-bond donors (Lipinski definition) is 0. The van der Waals surface area contributed by atoms with Gasteiger partial charge in [-0.3, -0.25) is 0 Å². The van der Waals surface area contributed by atoms with Crippen LogP contribution in [0.2, 0.25) is 0 Å². The zero-order valence-electron chi connectivity index (χ0n) is 16.4. The molecule has 2 nitrogen and oxygen atoms in total. The Morgan fingerprint density at radius 3 is 2.44 bits per heavy atom. The number of halogens is 2. The standard InChI is InChI=1S/C23H32F2O2/c1-3-5-6-19-12-11-18(15-27-19)16-7-9-17(10-8-16)20-13-14-21(26-4-2)23(25)22(20)24/h3,13-14,16-19H,1,4-12,15H2,2H3. The first kappa shape index (κ1) is 20.3. The minimum atomic E-state index is -0.845. The van der Waals surface area contributed by atoms with Crippen molar-refractivity contribution >= 4 is 0 Å². The molecule has 0 aromatic heterocycles. The Balaban J connectivity index is 1.52. The van der Waals surface area contributed by atoms with Gasteiger partial charge in [-0.2, -0.15) is 4.39 Å². The molecule has 1 aromatic carbocycles. The van der Waals surface area contributed by atoms with Gasteiger partial charge in [-0.1, -0.05) is 12.1 Å². The van der Waals surface area contributed by atoms with Gasteiger partial charge in [-0.25, -0.2) is 4.39 Å². The van der Waals surface area contributed by atoms with E-state index in [4.69, 9.17) is 9.47 Å². The first-order valence-corrected chi connectivity index (χ1v) is 10.5. The van der Waals surface area contributed by atoms with Gasteiger partial charge in [0.25, 0.3) is 0 Å². The Morgan fingerprint density at radius 2 is 1.81 bits per heavy atom. The molecule has 0 spiro atoms. The molecule has 2 aliphatic rings. The molecule has 3 rings (SSSR count). The summed E-state index contributed by atoms with van der Waals surface area (Å²) in [4.78, 5) is 0. The lowest BCUT2D eigenvalue weighted by atomic mass is 9.72. The maximum absolute atomic E-state index is 14.5. The molecule has 2 atom stereocenters. The Bertz CT molecular complexity index is 615.